The molecule has 0 aromatic carbocycles. The minimum atomic E-state index is 0.118. The molecule has 0 bridgehead atoms. The lowest BCUT2D eigenvalue weighted by Crippen LogP contribution is -2.33. The first-order chi connectivity index (χ1) is 14.1. The summed E-state index contributed by atoms with van der Waals surface area (Å²) in [5.74, 6) is 0.118. The minimum absolute atomic E-state index is 0.118. The molecule has 0 spiro atoms. The van der Waals surface area contributed by atoms with E-state index < -0.39 is 0 Å². The van der Waals surface area contributed by atoms with E-state index in [2.05, 4.69) is 33.9 Å². The molecule has 152 valence electrons. The van der Waals surface area contributed by atoms with Gasteiger partial charge in [-0.3, -0.25) is 14.7 Å². The second-order valence-electron chi connectivity index (χ2n) is 7.55. The average Bonchev–Trinajstić information content (AvgIpc) is 3.41. The Labute approximate surface area is 175 Å². The van der Waals surface area contributed by atoms with Gasteiger partial charge in [0.2, 0.25) is 0 Å². The Kier molecular flexibility index (Phi) is 6.06. The van der Waals surface area contributed by atoms with Crippen LogP contribution in [0.3, 0.4) is 0 Å². The standard InChI is InChI=1S/C22H27N5OS/c1-3-17-4-5-18(24-12-17)13-27-8-6-19-20(15-29-21(19)14-27)22(28)25(2)10-11-26-9-7-23-16-26/h4-5,7,9,12,15-16H,3,6,8,10-11,13-14H2,1-2H3. The zero-order valence-electron chi connectivity index (χ0n) is 17.0. The summed E-state index contributed by atoms with van der Waals surface area (Å²) in [4.78, 5) is 27.1. The van der Waals surface area contributed by atoms with Gasteiger partial charge in [0, 0.05) is 68.6 Å². The lowest BCUT2D eigenvalue weighted by atomic mass is 10.0. The average molecular weight is 410 g/mol. The molecule has 0 fully saturated rings. The Morgan fingerprint density at radius 1 is 1.34 bits per heavy atom. The maximum atomic E-state index is 13.0. The molecule has 3 aromatic rings. The number of nitrogens with zero attached hydrogens (tertiary/aromatic N) is 5. The summed E-state index contributed by atoms with van der Waals surface area (Å²) in [6.07, 6.45) is 9.38. The molecular weight excluding hydrogens is 382 g/mol. The van der Waals surface area contributed by atoms with Gasteiger partial charge < -0.3 is 9.47 Å². The van der Waals surface area contributed by atoms with Gasteiger partial charge in [0.25, 0.3) is 5.91 Å². The van der Waals surface area contributed by atoms with E-state index in [0.29, 0.717) is 6.54 Å². The highest BCUT2D eigenvalue weighted by molar-refractivity contribution is 7.10. The fraction of sp³-hybridized carbons (Fsp3) is 0.409. The van der Waals surface area contributed by atoms with Crippen LogP contribution in [0.2, 0.25) is 0 Å². The van der Waals surface area contributed by atoms with Gasteiger partial charge in [-0.05, 0) is 30.0 Å². The number of hydrogen-bond acceptors (Lipinski definition) is 5. The highest BCUT2D eigenvalue weighted by Gasteiger charge is 2.25. The number of carbonyl (C=O) groups excluding carboxylic acids is 1. The lowest BCUT2D eigenvalue weighted by molar-refractivity contribution is 0.0789. The summed E-state index contributed by atoms with van der Waals surface area (Å²) in [5.41, 5.74) is 4.49. The topological polar surface area (TPSA) is 54.3 Å². The molecule has 1 aliphatic heterocycles. The van der Waals surface area contributed by atoms with Crippen LogP contribution < -0.4 is 0 Å². The Morgan fingerprint density at radius 2 is 2.24 bits per heavy atom. The van der Waals surface area contributed by atoms with Gasteiger partial charge >= 0.3 is 0 Å². The first-order valence-electron chi connectivity index (χ1n) is 10.1. The summed E-state index contributed by atoms with van der Waals surface area (Å²) in [5, 5.41) is 2.04. The predicted molar refractivity (Wildman–Crippen MR) is 115 cm³/mol. The maximum Gasteiger partial charge on any atom is 0.254 e. The molecule has 4 rings (SSSR count). The predicted octanol–water partition coefficient (Wildman–Crippen LogP) is 3.23. The molecule has 0 unspecified atom stereocenters. The maximum absolute atomic E-state index is 13.0. The monoisotopic (exact) mass is 409 g/mol. The van der Waals surface area contributed by atoms with Crippen LogP contribution in [0.15, 0.2) is 42.4 Å². The van der Waals surface area contributed by atoms with E-state index in [1.807, 2.05) is 34.3 Å². The van der Waals surface area contributed by atoms with Crippen LogP contribution in [0.5, 0.6) is 0 Å². The molecule has 29 heavy (non-hydrogen) atoms. The van der Waals surface area contributed by atoms with Crippen LogP contribution in [0, 0.1) is 0 Å². The van der Waals surface area contributed by atoms with Crippen molar-refractivity contribution in [1.82, 2.24) is 24.3 Å². The van der Waals surface area contributed by atoms with Crippen molar-refractivity contribution in [2.24, 2.45) is 0 Å². The number of rotatable bonds is 7. The van der Waals surface area contributed by atoms with Crippen molar-refractivity contribution >= 4 is 17.2 Å². The van der Waals surface area contributed by atoms with E-state index >= 15 is 0 Å². The Hall–Kier alpha value is -2.51. The zero-order valence-corrected chi connectivity index (χ0v) is 17.9. The van der Waals surface area contributed by atoms with Crippen LogP contribution in [-0.4, -0.2) is 50.4 Å². The number of fused-ring (bicyclic) bond motifs is 1. The molecule has 0 radical (unpaired) electrons. The van der Waals surface area contributed by atoms with Crippen LogP contribution in [0.4, 0.5) is 0 Å². The Morgan fingerprint density at radius 3 is 2.97 bits per heavy atom. The van der Waals surface area contributed by atoms with Gasteiger partial charge in [-0.25, -0.2) is 4.98 Å². The fourth-order valence-electron chi connectivity index (χ4n) is 3.67. The van der Waals surface area contributed by atoms with Gasteiger partial charge in [-0.2, -0.15) is 0 Å². The third-order valence-corrected chi connectivity index (χ3v) is 6.55. The van der Waals surface area contributed by atoms with Crippen LogP contribution in [0.25, 0.3) is 0 Å². The lowest BCUT2D eigenvalue weighted by Gasteiger charge is -2.27. The second-order valence-corrected chi connectivity index (χ2v) is 8.51. The van der Waals surface area contributed by atoms with Crippen molar-refractivity contribution < 1.29 is 4.79 Å². The van der Waals surface area contributed by atoms with E-state index in [1.54, 1.807) is 23.9 Å². The summed E-state index contributed by atoms with van der Waals surface area (Å²) in [6.45, 7) is 6.28. The van der Waals surface area contributed by atoms with Crippen molar-refractivity contribution in [1.29, 1.82) is 0 Å². The molecular formula is C22H27N5OS. The van der Waals surface area contributed by atoms with Gasteiger partial charge in [0.1, 0.15) is 0 Å². The summed E-state index contributed by atoms with van der Waals surface area (Å²) in [6, 6.07) is 4.30. The van der Waals surface area contributed by atoms with Crippen LogP contribution in [-0.2, 0) is 32.5 Å². The molecule has 1 aliphatic rings. The van der Waals surface area contributed by atoms with Crippen LogP contribution >= 0.6 is 11.3 Å². The summed E-state index contributed by atoms with van der Waals surface area (Å²) >= 11 is 1.71. The largest absolute Gasteiger partial charge is 0.340 e. The quantitative estimate of drug-likeness (QED) is 0.601. The van der Waals surface area contributed by atoms with Gasteiger partial charge in [0.05, 0.1) is 17.6 Å². The molecule has 4 heterocycles. The number of carbonyl (C=O) groups is 1. The number of aryl methyl sites for hydroxylation is 1. The number of pyridine rings is 1. The third kappa shape index (κ3) is 4.57. The van der Waals surface area contributed by atoms with Gasteiger partial charge in [0.15, 0.2) is 0 Å². The number of imidazole rings is 1. The molecule has 0 saturated heterocycles. The van der Waals surface area contributed by atoms with E-state index in [9.17, 15) is 4.79 Å². The minimum Gasteiger partial charge on any atom is -0.340 e. The molecule has 0 aliphatic carbocycles. The summed E-state index contributed by atoms with van der Waals surface area (Å²) < 4.78 is 1.99. The highest BCUT2D eigenvalue weighted by atomic mass is 32.1. The van der Waals surface area contributed by atoms with Crippen molar-refractivity contribution in [3.05, 3.63) is 69.7 Å². The van der Waals surface area contributed by atoms with Crippen molar-refractivity contribution in [2.45, 2.75) is 39.4 Å². The van der Waals surface area contributed by atoms with Gasteiger partial charge in [-0.15, -0.1) is 11.3 Å². The fourth-order valence-corrected chi connectivity index (χ4v) is 4.79. The Bertz CT molecular complexity index is 948. The van der Waals surface area contributed by atoms with E-state index in [4.69, 9.17) is 0 Å². The molecule has 6 nitrogen and oxygen atoms in total. The normalized spacial score (nSPS) is 14.0. The summed E-state index contributed by atoms with van der Waals surface area (Å²) in [7, 11) is 1.88. The van der Waals surface area contributed by atoms with E-state index in [-0.39, 0.29) is 5.91 Å². The van der Waals surface area contributed by atoms with Crippen molar-refractivity contribution in [3.8, 4) is 0 Å². The SMILES string of the molecule is CCc1ccc(CN2CCc3c(C(=O)N(C)CCn4ccnc4)csc3C2)nc1. The number of amides is 1. The molecule has 0 saturated carbocycles. The van der Waals surface area contributed by atoms with Crippen molar-refractivity contribution in [3.63, 3.8) is 0 Å². The molecule has 1 amide bonds. The van der Waals surface area contributed by atoms with E-state index in [1.165, 1.54) is 16.0 Å². The molecule has 0 N–H and O–H groups in total. The number of aromatic nitrogens is 3. The highest BCUT2D eigenvalue weighted by Crippen LogP contribution is 2.30. The number of thiophene rings is 1. The van der Waals surface area contributed by atoms with Crippen molar-refractivity contribution in [2.75, 3.05) is 20.1 Å². The number of hydrogen-bond donors (Lipinski definition) is 0. The Balaban J connectivity index is 1.37. The molecule has 7 heteroatoms. The van der Waals surface area contributed by atoms with E-state index in [0.717, 1.165) is 50.3 Å². The smallest absolute Gasteiger partial charge is 0.254 e. The second kappa shape index (κ2) is 8.88. The molecule has 0 atom stereocenters. The first-order valence-corrected chi connectivity index (χ1v) is 11.0. The number of likely N-dealkylation sites (N-methyl/N-ethyl adjacent to an activating group) is 1. The first kappa shape index (κ1) is 19.8. The third-order valence-electron chi connectivity index (χ3n) is 5.54. The zero-order chi connectivity index (χ0) is 20.2. The van der Waals surface area contributed by atoms with Crippen LogP contribution in [0.1, 0.15) is 39.0 Å². The van der Waals surface area contributed by atoms with Gasteiger partial charge in [-0.1, -0.05) is 13.0 Å². The molecule has 3 aromatic heterocycles.